The summed E-state index contributed by atoms with van der Waals surface area (Å²) in [5.74, 6) is 1.31. The predicted molar refractivity (Wildman–Crippen MR) is 125 cm³/mol. The molecule has 32 heavy (non-hydrogen) atoms. The first-order chi connectivity index (χ1) is 15.3. The third-order valence-corrected chi connectivity index (χ3v) is 6.45. The fourth-order valence-corrected chi connectivity index (χ4v) is 4.25. The van der Waals surface area contributed by atoms with E-state index in [2.05, 4.69) is 20.6 Å². The van der Waals surface area contributed by atoms with Gasteiger partial charge in [0, 0.05) is 17.6 Å². The molecule has 0 aliphatic rings. The molecule has 0 bridgehead atoms. The zero-order valence-electron chi connectivity index (χ0n) is 18.2. The van der Waals surface area contributed by atoms with Crippen molar-refractivity contribution in [3.05, 3.63) is 64.8 Å². The lowest BCUT2D eigenvalue weighted by atomic mass is 10.2. The molecule has 1 unspecified atom stereocenters. The number of rotatable bonds is 7. The second-order valence-corrected chi connectivity index (χ2v) is 9.14. The molecule has 1 aromatic carbocycles. The maximum atomic E-state index is 12.9. The molecule has 0 radical (unpaired) electrons. The van der Waals surface area contributed by atoms with Crippen molar-refractivity contribution in [3.63, 3.8) is 0 Å². The maximum Gasteiger partial charge on any atom is 0.237 e. The summed E-state index contributed by atoms with van der Waals surface area (Å²) < 4.78 is 9.23. The van der Waals surface area contributed by atoms with E-state index in [9.17, 15) is 4.79 Å². The van der Waals surface area contributed by atoms with Gasteiger partial charge in [-0.05, 0) is 57.2 Å². The van der Waals surface area contributed by atoms with E-state index in [4.69, 9.17) is 16.0 Å². The van der Waals surface area contributed by atoms with Crippen LogP contribution in [-0.4, -0.2) is 35.7 Å². The molecule has 0 saturated carbocycles. The van der Waals surface area contributed by atoms with Gasteiger partial charge in [0.2, 0.25) is 5.91 Å². The van der Waals surface area contributed by atoms with Crippen LogP contribution in [0.15, 0.2) is 52.2 Å². The van der Waals surface area contributed by atoms with Crippen molar-refractivity contribution in [3.8, 4) is 11.4 Å². The molecule has 0 saturated heterocycles. The number of carbonyl (C=O) groups is 1. The van der Waals surface area contributed by atoms with Crippen LogP contribution in [0, 0.1) is 13.8 Å². The second-order valence-electron chi connectivity index (χ2n) is 7.40. The summed E-state index contributed by atoms with van der Waals surface area (Å²) in [6.45, 7) is 6.08. The quantitative estimate of drug-likeness (QED) is 0.393. The third kappa shape index (κ3) is 4.58. The van der Waals surface area contributed by atoms with Gasteiger partial charge in [0.1, 0.15) is 5.76 Å². The maximum absolute atomic E-state index is 12.9. The van der Waals surface area contributed by atoms with Crippen LogP contribution in [-0.2, 0) is 18.4 Å². The largest absolute Gasteiger partial charge is 0.467 e. The number of hydrogen-bond donors (Lipinski definition) is 1. The van der Waals surface area contributed by atoms with E-state index in [1.807, 2.05) is 68.8 Å². The third-order valence-electron chi connectivity index (χ3n) is 5.12. The van der Waals surface area contributed by atoms with E-state index >= 15 is 0 Å². The van der Waals surface area contributed by atoms with Crippen LogP contribution in [0.2, 0.25) is 5.02 Å². The summed E-state index contributed by atoms with van der Waals surface area (Å²) in [4.78, 5) is 12.9. The smallest absolute Gasteiger partial charge is 0.237 e. The number of halogens is 1. The highest BCUT2D eigenvalue weighted by Crippen LogP contribution is 2.29. The first kappa shape index (κ1) is 22.2. The van der Waals surface area contributed by atoms with Gasteiger partial charge in [0.25, 0.3) is 0 Å². The molecule has 0 fully saturated rings. The van der Waals surface area contributed by atoms with Gasteiger partial charge in [-0.15, -0.1) is 10.2 Å². The Balaban J connectivity index is 1.59. The van der Waals surface area contributed by atoms with Gasteiger partial charge in [-0.3, -0.25) is 14.0 Å². The Morgan fingerprint density at radius 3 is 2.59 bits per heavy atom. The van der Waals surface area contributed by atoms with Crippen molar-refractivity contribution in [2.45, 2.75) is 37.7 Å². The van der Waals surface area contributed by atoms with Crippen molar-refractivity contribution >= 4 is 35.0 Å². The Bertz CT molecular complexity index is 1230. The molecular formula is C22H23ClN6O2S. The Labute approximate surface area is 195 Å². The highest BCUT2D eigenvalue weighted by Gasteiger charge is 2.23. The molecule has 0 spiro atoms. The lowest BCUT2D eigenvalue weighted by Crippen LogP contribution is -2.23. The average molecular weight is 471 g/mol. The van der Waals surface area contributed by atoms with Crippen LogP contribution in [0.5, 0.6) is 0 Å². The summed E-state index contributed by atoms with van der Waals surface area (Å²) >= 11 is 7.38. The number of amides is 1. The Kier molecular flexibility index (Phi) is 6.38. The summed E-state index contributed by atoms with van der Waals surface area (Å²) in [5, 5.41) is 17.0. The molecule has 8 nitrogen and oxygen atoms in total. The topological polar surface area (TPSA) is 90.8 Å². The minimum atomic E-state index is -0.411. The van der Waals surface area contributed by atoms with Gasteiger partial charge in [-0.25, -0.2) is 0 Å². The number of hydrogen-bond acceptors (Lipinski definition) is 6. The van der Waals surface area contributed by atoms with E-state index < -0.39 is 5.25 Å². The van der Waals surface area contributed by atoms with Crippen molar-refractivity contribution < 1.29 is 9.21 Å². The number of nitrogens with one attached hydrogen (secondary N) is 1. The Morgan fingerprint density at radius 1 is 1.22 bits per heavy atom. The minimum absolute atomic E-state index is 0.130. The van der Waals surface area contributed by atoms with E-state index in [1.54, 1.807) is 10.9 Å². The van der Waals surface area contributed by atoms with Crippen molar-refractivity contribution in [2.75, 3.05) is 5.32 Å². The molecule has 3 heterocycles. The van der Waals surface area contributed by atoms with Crippen molar-refractivity contribution in [2.24, 2.45) is 7.05 Å². The first-order valence-electron chi connectivity index (χ1n) is 10.0. The van der Waals surface area contributed by atoms with Crippen LogP contribution in [0.25, 0.3) is 11.4 Å². The number of furan rings is 1. The normalized spacial score (nSPS) is 12.2. The van der Waals surface area contributed by atoms with Crippen LogP contribution in [0.1, 0.15) is 24.1 Å². The highest BCUT2D eigenvalue weighted by atomic mass is 35.5. The molecule has 1 N–H and O–H groups in total. The van der Waals surface area contributed by atoms with Gasteiger partial charge in [0.15, 0.2) is 11.0 Å². The number of carbonyl (C=O) groups excluding carboxylic acids is 1. The predicted octanol–water partition coefficient (Wildman–Crippen LogP) is 4.71. The summed E-state index contributed by atoms with van der Waals surface area (Å²) in [7, 11) is 1.85. The van der Waals surface area contributed by atoms with Crippen LogP contribution >= 0.6 is 23.4 Å². The van der Waals surface area contributed by atoms with Gasteiger partial charge < -0.3 is 9.73 Å². The van der Waals surface area contributed by atoms with E-state index in [-0.39, 0.29) is 5.91 Å². The zero-order valence-corrected chi connectivity index (χ0v) is 19.7. The van der Waals surface area contributed by atoms with E-state index in [0.717, 1.165) is 28.4 Å². The fourth-order valence-electron chi connectivity index (χ4n) is 3.28. The first-order valence-corrected chi connectivity index (χ1v) is 11.3. The minimum Gasteiger partial charge on any atom is -0.467 e. The number of thioether (sulfide) groups is 1. The van der Waals surface area contributed by atoms with E-state index in [1.165, 1.54) is 11.8 Å². The summed E-state index contributed by atoms with van der Waals surface area (Å²) in [6.07, 6.45) is 1.63. The molecule has 1 atom stereocenters. The summed E-state index contributed by atoms with van der Waals surface area (Å²) in [5.41, 5.74) is 3.29. The van der Waals surface area contributed by atoms with Crippen LogP contribution in [0.3, 0.4) is 0 Å². The molecule has 4 aromatic rings. The molecule has 4 rings (SSSR count). The van der Waals surface area contributed by atoms with Gasteiger partial charge in [0.05, 0.1) is 35.1 Å². The lowest BCUT2D eigenvalue weighted by Gasteiger charge is -2.13. The molecule has 3 aromatic heterocycles. The molecule has 0 aliphatic heterocycles. The van der Waals surface area contributed by atoms with Crippen LogP contribution in [0.4, 0.5) is 5.69 Å². The molecule has 1 amide bonds. The SMILES string of the molecule is Cc1nn(C)c(C)c1NC(=O)C(C)Sc1nnc(-c2ccc(Cl)cc2)n1Cc1ccco1. The van der Waals surface area contributed by atoms with Gasteiger partial charge in [-0.2, -0.15) is 5.10 Å². The number of anilines is 1. The van der Waals surface area contributed by atoms with Gasteiger partial charge in [-0.1, -0.05) is 23.4 Å². The molecule has 10 heteroatoms. The number of nitrogens with zero attached hydrogens (tertiary/aromatic N) is 5. The number of aryl methyl sites for hydroxylation is 2. The molecule has 166 valence electrons. The Morgan fingerprint density at radius 2 is 1.97 bits per heavy atom. The molecular weight excluding hydrogens is 448 g/mol. The monoisotopic (exact) mass is 470 g/mol. The standard InChI is InChI=1S/C22H23ClN6O2S/c1-13-19(14(2)28(4)27-13)24-21(30)15(3)32-22-26-25-20(16-7-9-17(23)10-8-16)29(22)12-18-6-5-11-31-18/h5-11,15H,12H2,1-4H3,(H,24,30). The van der Waals surface area contributed by atoms with Gasteiger partial charge >= 0.3 is 0 Å². The number of benzene rings is 1. The average Bonchev–Trinajstić information content (AvgIpc) is 3.47. The van der Waals surface area contributed by atoms with Crippen LogP contribution < -0.4 is 5.32 Å². The van der Waals surface area contributed by atoms with E-state index in [0.29, 0.717) is 22.5 Å². The van der Waals surface area contributed by atoms with Crippen molar-refractivity contribution in [1.82, 2.24) is 24.5 Å². The number of aromatic nitrogens is 5. The fraction of sp³-hybridized carbons (Fsp3) is 0.273. The second kappa shape index (κ2) is 9.22. The Hall–Kier alpha value is -3.04. The van der Waals surface area contributed by atoms with Crippen molar-refractivity contribution in [1.29, 1.82) is 0 Å². The summed E-state index contributed by atoms with van der Waals surface area (Å²) in [6, 6.07) is 11.1. The molecule has 0 aliphatic carbocycles. The zero-order chi connectivity index (χ0) is 22.8. The highest BCUT2D eigenvalue weighted by molar-refractivity contribution is 8.00. The lowest BCUT2D eigenvalue weighted by molar-refractivity contribution is -0.115.